The van der Waals surface area contributed by atoms with Crippen molar-refractivity contribution in [2.75, 3.05) is 26.2 Å². The summed E-state index contributed by atoms with van der Waals surface area (Å²) in [5, 5.41) is 0. The minimum Gasteiger partial charge on any atom is -0.312 e. The lowest BCUT2D eigenvalue weighted by Gasteiger charge is -2.46. The van der Waals surface area contributed by atoms with Gasteiger partial charge in [0.25, 0.3) is 0 Å². The van der Waals surface area contributed by atoms with E-state index in [0.717, 1.165) is 17.6 Å². The molecule has 0 radical (unpaired) electrons. The van der Waals surface area contributed by atoms with Crippen molar-refractivity contribution in [1.29, 1.82) is 0 Å². The van der Waals surface area contributed by atoms with Crippen LogP contribution in [0, 0.1) is 18.3 Å². The van der Waals surface area contributed by atoms with E-state index >= 15 is 0 Å². The van der Waals surface area contributed by atoms with Gasteiger partial charge in [-0.1, -0.05) is 67.2 Å². The van der Waals surface area contributed by atoms with Crippen molar-refractivity contribution in [3.8, 4) is 12.3 Å². The molecule has 0 saturated heterocycles. The minimum absolute atomic E-state index is 0.202. The molecule has 0 amide bonds. The number of terminal acetylenes is 1. The lowest BCUT2D eigenvalue weighted by Crippen LogP contribution is -2.58. The van der Waals surface area contributed by atoms with E-state index < -0.39 is 0 Å². The third-order valence-corrected chi connectivity index (χ3v) is 6.69. The molecular formula is C18H29IN+. The van der Waals surface area contributed by atoms with Crippen LogP contribution in [-0.4, -0.2) is 34.1 Å². The van der Waals surface area contributed by atoms with Gasteiger partial charge >= 0.3 is 0 Å². The molecule has 0 spiro atoms. The topological polar surface area (TPSA) is 0 Å². The van der Waals surface area contributed by atoms with Crippen molar-refractivity contribution in [1.82, 2.24) is 0 Å². The molecule has 2 atom stereocenters. The molecule has 1 aliphatic carbocycles. The fourth-order valence-electron chi connectivity index (χ4n) is 3.40. The average molecular weight is 386 g/mol. The lowest BCUT2D eigenvalue weighted by atomic mass is 9.82. The SMILES string of the molecule is C#CC[N+](CCC)(CCC)CC1(I)C(C)=CC=CC1C. The summed E-state index contributed by atoms with van der Waals surface area (Å²) in [6.07, 6.45) is 14.9. The molecule has 0 aromatic carbocycles. The highest BCUT2D eigenvalue weighted by Gasteiger charge is 2.43. The van der Waals surface area contributed by atoms with Crippen LogP contribution in [0.2, 0.25) is 0 Å². The highest BCUT2D eigenvalue weighted by molar-refractivity contribution is 14.1. The zero-order valence-corrected chi connectivity index (χ0v) is 15.6. The number of rotatable bonds is 7. The largest absolute Gasteiger partial charge is 0.312 e. The van der Waals surface area contributed by atoms with Crippen LogP contribution in [-0.2, 0) is 0 Å². The van der Waals surface area contributed by atoms with Crippen LogP contribution in [0.4, 0.5) is 0 Å². The summed E-state index contributed by atoms with van der Waals surface area (Å²) in [6.45, 7) is 13.5. The van der Waals surface area contributed by atoms with E-state index in [9.17, 15) is 0 Å². The van der Waals surface area contributed by atoms with Crippen LogP contribution in [0.3, 0.4) is 0 Å². The standard InChI is InChI=1S/C18H29IN/c1-6-12-20(13-7-2,14-8-3)15-18(19)16(4)10-9-11-17(18)5/h1,9-11,16H,7-8,12-15H2,2-5H3/q+1. The Labute approximate surface area is 139 Å². The normalized spacial score (nSPS) is 26.2. The molecule has 0 aromatic rings. The van der Waals surface area contributed by atoms with E-state index in [4.69, 9.17) is 6.42 Å². The number of alkyl halides is 1. The fraction of sp³-hybridized carbons (Fsp3) is 0.667. The van der Waals surface area contributed by atoms with Gasteiger partial charge in [0, 0.05) is 0 Å². The molecule has 0 aromatic heterocycles. The minimum atomic E-state index is 0.202. The second-order valence-corrected chi connectivity index (χ2v) is 8.12. The summed E-state index contributed by atoms with van der Waals surface area (Å²) in [5.41, 5.74) is 1.49. The summed E-state index contributed by atoms with van der Waals surface area (Å²) < 4.78 is 1.27. The Morgan fingerprint density at radius 2 is 1.95 bits per heavy atom. The lowest BCUT2D eigenvalue weighted by molar-refractivity contribution is -0.922. The number of allylic oxidation sites excluding steroid dienone is 3. The summed E-state index contributed by atoms with van der Waals surface area (Å²) in [6, 6.07) is 0. The molecule has 2 heteroatoms. The van der Waals surface area contributed by atoms with Crippen molar-refractivity contribution in [3.63, 3.8) is 0 Å². The molecule has 0 aliphatic heterocycles. The van der Waals surface area contributed by atoms with Gasteiger partial charge in [0.15, 0.2) is 0 Å². The van der Waals surface area contributed by atoms with Crippen molar-refractivity contribution in [2.45, 2.75) is 44.0 Å². The molecule has 0 N–H and O–H groups in total. The van der Waals surface area contributed by atoms with Crippen molar-refractivity contribution in [3.05, 3.63) is 23.8 Å². The predicted molar refractivity (Wildman–Crippen MR) is 98.0 cm³/mol. The maximum atomic E-state index is 5.70. The summed E-state index contributed by atoms with van der Waals surface area (Å²) in [5.74, 6) is 3.51. The van der Waals surface area contributed by atoms with Crippen molar-refractivity contribution in [2.24, 2.45) is 5.92 Å². The highest BCUT2D eigenvalue weighted by atomic mass is 127. The third-order valence-electron chi connectivity index (χ3n) is 4.51. The van der Waals surface area contributed by atoms with Crippen LogP contribution in [0.5, 0.6) is 0 Å². The molecule has 0 saturated carbocycles. The van der Waals surface area contributed by atoms with E-state index in [1.807, 2.05) is 0 Å². The van der Waals surface area contributed by atoms with Crippen LogP contribution in [0.1, 0.15) is 40.5 Å². The molecule has 20 heavy (non-hydrogen) atoms. The van der Waals surface area contributed by atoms with Gasteiger partial charge in [-0.05, 0) is 31.6 Å². The Bertz CT molecular complexity index is 410. The first-order valence-electron chi connectivity index (χ1n) is 7.77. The number of hydrogen-bond donors (Lipinski definition) is 0. The summed E-state index contributed by atoms with van der Waals surface area (Å²) in [7, 11) is 0. The third kappa shape index (κ3) is 3.89. The first-order chi connectivity index (χ1) is 9.44. The summed E-state index contributed by atoms with van der Waals surface area (Å²) >= 11 is 2.68. The monoisotopic (exact) mass is 386 g/mol. The fourth-order valence-corrected chi connectivity index (χ4v) is 4.51. The Balaban J connectivity index is 3.07. The Morgan fingerprint density at radius 1 is 1.35 bits per heavy atom. The van der Waals surface area contributed by atoms with Gasteiger partial charge in [0.05, 0.1) is 23.1 Å². The Morgan fingerprint density at radius 3 is 2.40 bits per heavy atom. The van der Waals surface area contributed by atoms with Crippen LogP contribution < -0.4 is 0 Å². The predicted octanol–water partition coefficient (Wildman–Crippen LogP) is 4.58. The quantitative estimate of drug-likeness (QED) is 0.260. The second-order valence-electron chi connectivity index (χ2n) is 6.19. The molecule has 2 unspecified atom stereocenters. The Kier molecular flexibility index (Phi) is 6.81. The maximum Gasteiger partial charge on any atom is 0.140 e. The molecule has 0 bridgehead atoms. The van der Waals surface area contributed by atoms with Gasteiger partial charge < -0.3 is 4.48 Å². The zero-order valence-electron chi connectivity index (χ0n) is 13.5. The molecule has 0 heterocycles. The van der Waals surface area contributed by atoms with Gasteiger partial charge in [-0.3, -0.25) is 0 Å². The molecule has 1 aliphatic rings. The van der Waals surface area contributed by atoms with Gasteiger partial charge in [-0.2, -0.15) is 0 Å². The van der Waals surface area contributed by atoms with E-state index in [0.29, 0.717) is 5.92 Å². The first kappa shape index (κ1) is 17.8. The van der Waals surface area contributed by atoms with E-state index in [1.54, 1.807) is 0 Å². The van der Waals surface area contributed by atoms with Crippen molar-refractivity contribution >= 4 is 22.6 Å². The van der Waals surface area contributed by atoms with Gasteiger partial charge in [-0.25, -0.2) is 0 Å². The zero-order chi connectivity index (χ0) is 15.2. The first-order valence-corrected chi connectivity index (χ1v) is 8.85. The molecule has 112 valence electrons. The maximum absolute atomic E-state index is 5.70. The van der Waals surface area contributed by atoms with E-state index in [2.05, 4.69) is 74.4 Å². The average Bonchev–Trinajstić information content (AvgIpc) is 2.37. The number of halogens is 1. The van der Waals surface area contributed by atoms with Crippen molar-refractivity contribution < 1.29 is 4.48 Å². The van der Waals surface area contributed by atoms with Crippen LogP contribution in [0.15, 0.2) is 23.8 Å². The smallest absolute Gasteiger partial charge is 0.140 e. The summed E-state index contributed by atoms with van der Waals surface area (Å²) in [4.78, 5) is 0. The number of hydrogen-bond acceptors (Lipinski definition) is 0. The van der Waals surface area contributed by atoms with Gasteiger partial charge in [-0.15, -0.1) is 6.42 Å². The van der Waals surface area contributed by atoms with E-state index in [1.165, 1.54) is 31.5 Å². The van der Waals surface area contributed by atoms with Crippen LogP contribution >= 0.6 is 22.6 Å². The highest BCUT2D eigenvalue weighted by Crippen LogP contribution is 2.41. The molecule has 1 nitrogen and oxygen atoms in total. The number of nitrogens with zero attached hydrogens (tertiary/aromatic N) is 1. The molecular weight excluding hydrogens is 357 g/mol. The van der Waals surface area contributed by atoms with Crippen LogP contribution in [0.25, 0.3) is 0 Å². The Hall–Kier alpha value is -0.270. The van der Waals surface area contributed by atoms with E-state index in [-0.39, 0.29) is 3.42 Å². The van der Waals surface area contributed by atoms with Gasteiger partial charge in [0.2, 0.25) is 0 Å². The van der Waals surface area contributed by atoms with Gasteiger partial charge in [0.1, 0.15) is 6.54 Å². The second kappa shape index (κ2) is 7.66. The molecule has 0 fully saturated rings. The molecule has 1 rings (SSSR count). The number of quaternary nitrogens is 1.